The third-order valence-corrected chi connectivity index (χ3v) is 3.80. The summed E-state index contributed by atoms with van der Waals surface area (Å²) >= 11 is 0. The molecule has 1 aromatic rings. The molecule has 0 aliphatic carbocycles. The lowest BCUT2D eigenvalue weighted by Crippen LogP contribution is -2.39. The number of nitrogens with zero attached hydrogens (tertiary/aromatic N) is 2. The number of likely N-dealkylation sites (tertiary alicyclic amines) is 1. The summed E-state index contributed by atoms with van der Waals surface area (Å²) < 4.78 is 4.73. The van der Waals surface area contributed by atoms with Crippen LogP contribution in [0.15, 0.2) is 30.3 Å². The highest BCUT2D eigenvalue weighted by Gasteiger charge is 2.26. The largest absolute Gasteiger partial charge is 0.469 e. The number of carbonyl (C=O) groups excluding carboxylic acids is 2. The normalized spacial score (nSPS) is 15.5. The summed E-state index contributed by atoms with van der Waals surface area (Å²) in [6, 6.07) is 9.08. The molecule has 1 fully saturated rings. The molecule has 0 unspecified atom stereocenters. The molecule has 0 saturated carbocycles. The van der Waals surface area contributed by atoms with Gasteiger partial charge in [0.05, 0.1) is 24.7 Å². The Bertz CT molecular complexity index is 606. The first-order chi connectivity index (χ1) is 10.6. The molecule has 22 heavy (non-hydrogen) atoms. The second kappa shape index (κ2) is 7.41. The zero-order chi connectivity index (χ0) is 15.9. The van der Waals surface area contributed by atoms with Crippen molar-refractivity contribution < 1.29 is 14.3 Å². The zero-order valence-electron chi connectivity index (χ0n) is 12.5. The van der Waals surface area contributed by atoms with Crippen molar-refractivity contribution in [2.24, 2.45) is 5.92 Å². The zero-order valence-corrected chi connectivity index (χ0v) is 12.5. The first kappa shape index (κ1) is 15.8. The molecule has 1 amide bonds. The molecule has 1 saturated heterocycles. The number of nitriles is 1. The molecule has 5 heteroatoms. The highest BCUT2D eigenvalue weighted by atomic mass is 16.5. The van der Waals surface area contributed by atoms with Crippen LogP contribution in [0.4, 0.5) is 0 Å². The van der Waals surface area contributed by atoms with Crippen LogP contribution in [0.2, 0.25) is 0 Å². The second-order valence-electron chi connectivity index (χ2n) is 5.19. The highest BCUT2D eigenvalue weighted by molar-refractivity contribution is 5.92. The Morgan fingerprint density at radius 1 is 1.27 bits per heavy atom. The molecule has 0 aromatic heterocycles. The van der Waals surface area contributed by atoms with E-state index in [0.717, 1.165) is 5.56 Å². The van der Waals surface area contributed by atoms with Crippen molar-refractivity contribution in [1.82, 2.24) is 4.90 Å². The molecular formula is C17H18N2O3. The lowest BCUT2D eigenvalue weighted by atomic mass is 9.97. The van der Waals surface area contributed by atoms with Gasteiger partial charge in [-0.25, -0.2) is 0 Å². The molecule has 114 valence electrons. The molecule has 0 spiro atoms. The third kappa shape index (κ3) is 3.95. The number of rotatable bonds is 3. The van der Waals surface area contributed by atoms with E-state index in [9.17, 15) is 9.59 Å². The van der Waals surface area contributed by atoms with Crippen LogP contribution in [0.1, 0.15) is 24.0 Å². The summed E-state index contributed by atoms with van der Waals surface area (Å²) in [5.74, 6) is -0.357. The average molecular weight is 298 g/mol. The van der Waals surface area contributed by atoms with Crippen molar-refractivity contribution >= 4 is 18.0 Å². The van der Waals surface area contributed by atoms with Gasteiger partial charge in [0.2, 0.25) is 5.91 Å². The van der Waals surface area contributed by atoms with Gasteiger partial charge in [-0.15, -0.1) is 0 Å². The topological polar surface area (TPSA) is 70.4 Å². The van der Waals surface area contributed by atoms with Crippen molar-refractivity contribution in [2.45, 2.75) is 12.8 Å². The number of carbonyl (C=O) groups is 2. The Kier molecular flexibility index (Phi) is 5.31. The van der Waals surface area contributed by atoms with Crippen LogP contribution in [0.3, 0.4) is 0 Å². The Balaban J connectivity index is 1.89. The minimum Gasteiger partial charge on any atom is -0.469 e. The quantitative estimate of drug-likeness (QED) is 0.632. The maximum atomic E-state index is 12.1. The smallest absolute Gasteiger partial charge is 0.308 e. The van der Waals surface area contributed by atoms with Gasteiger partial charge in [0.1, 0.15) is 0 Å². The molecule has 1 aliphatic heterocycles. The monoisotopic (exact) mass is 298 g/mol. The molecule has 0 atom stereocenters. The number of hydrogen-bond donors (Lipinski definition) is 0. The predicted molar refractivity (Wildman–Crippen MR) is 81.5 cm³/mol. The van der Waals surface area contributed by atoms with Crippen molar-refractivity contribution in [1.29, 1.82) is 5.26 Å². The minimum atomic E-state index is -0.194. The first-order valence-electron chi connectivity index (χ1n) is 7.19. The number of hydrogen-bond acceptors (Lipinski definition) is 4. The van der Waals surface area contributed by atoms with Crippen LogP contribution >= 0.6 is 0 Å². The molecule has 0 bridgehead atoms. The summed E-state index contributed by atoms with van der Waals surface area (Å²) in [6.07, 6.45) is 4.54. The fraction of sp³-hybridized carbons (Fsp3) is 0.353. The van der Waals surface area contributed by atoms with E-state index < -0.39 is 0 Å². The van der Waals surface area contributed by atoms with Crippen molar-refractivity contribution in [3.8, 4) is 6.07 Å². The summed E-state index contributed by atoms with van der Waals surface area (Å²) in [5.41, 5.74) is 1.46. The molecule has 1 aromatic carbocycles. The summed E-state index contributed by atoms with van der Waals surface area (Å²) in [6.45, 7) is 1.13. The van der Waals surface area contributed by atoms with E-state index in [1.165, 1.54) is 13.2 Å². The van der Waals surface area contributed by atoms with E-state index in [0.29, 0.717) is 31.5 Å². The second-order valence-corrected chi connectivity index (χ2v) is 5.19. The van der Waals surface area contributed by atoms with Gasteiger partial charge in [-0.05, 0) is 36.6 Å². The van der Waals surface area contributed by atoms with Gasteiger partial charge in [0, 0.05) is 19.2 Å². The van der Waals surface area contributed by atoms with Crippen LogP contribution in [-0.4, -0.2) is 37.0 Å². The standard InChI is InChI=1S/C17H18N2O3/c1-22-17(21)15-8-10-19(11-9-15)16(20)7-6-13-2-4-14(12-18)5-3-13/h2-7,15H,8-11H2,1H3/b7-6+. The number of benzene rings is 1. The maximum absolute atomic E-state index is 12.1. The van der Waals surface area contributed by atoms with E-state index in [4.69, 9.17) is 10.00 Å². The fourth-order valence-corrected chi connectivity index (χ4v) is 2.44. The number of piperidine rings is 1. The van der Waals surface area contributed by atoms with Gasteiger partial charge in [0.15, 0.2) is 0 Å². The van der Waals surface area contributed by atoms with Crippen LogP contribution in [0, 0.1) is 17.2 Å². The molecule has 2 rings (SSSR count). The lowest BCUT2D eigenvalue weighted by molar-refractivity contribution is -0.148. The van der Waals surface area contributed by atoms with Crippen LogP contribution in [0.25, 0.3) is 6.08 Å². The maximum Gasteiger partial charge on any atom is 0.308 e. The molecule has 5 nitrogen and oxygen atoms in total. The SMILES string of the molecule is COC(=O)C1CCN(C(=O)/C=C/c2ccc(C#N)cc2)CC1. The van der Waals surface area contributed by atoms with E-state index in [-0.39, 0.29) is 17.8 Å². The van der Waals surface area contributed by atoms with E-state index >= 15 is 0 Å². The number of esters is 1. The van der Waals surface area contributed by atoms with Crippen molar-refractivity contribution in [3.05, 3.63) is 41.5 Å². The predicted octanol–water partition coefficient (Wildman–Crippen LogP) is 1.98. The average Bonchev–Trinajstić information content (AvgIpc) is 2.59. The number of amides is 1. The van der Waals surface area contributed by atoms with Crippen LogP contribution in [-0.2, 0) is 14.3 Å². The minimum absolute atomic E-state index is 0.0623. The summed E-state index contributed by atoms with van der Waals surface area (Å²) in [5, 5.41) is 8.73. The summed E-state index contributed by atoms with van der Waals surface area (Å²) in [4.78, 5) is 25.3. The van der Waals surface area contributed by atoms with Crippen LogP contribution in [0.5, 0.6) is 0 Å². The van der Waals surface area contributed by atoms with Gasteiger partial charge >= 0.3 is 5.97 Å². The van der Waals surface area contributed by atoms with Gasteiger partial charge in [-0.2, -0.15) is 5.26 Å². The first-order valence-corrected chi connectivity index (χ1v) is 7.19. The molecular weight excluding hydrogens is 280 g/mol. The van der Waals surface area contributed by atoms with Crippen molar-refractivity contribution in [2.75, 3.05) is 20.2 Å². The highest BCUT2D eigenvalue weighted by Crippen LogP contribution is 2.18. The molecule has 1 heterocycles. The van der Waals surface area contributed by atoms with Gasteiger partial charge in [0.25, 0.3) is 0 Å². The van der Waals surface area contributed by atoms with Crippen LogP contribution < -0.4 is 0 Å². The van der Waals surface area contributed by atoms with Crippen molar-refractivity contribution in [3.63, 3.8) is 0 Å². The van der Waals surface area contributed by atoms with Gasteiger partial charge < -0.3 is 9.64 Å². The number of methoxy groups -OCH3 is 1. The Morgan fingerprint density at radius 2 is 1.91 bits per heavy atom. The Hall–Kier alpha value is -2.61. The van der Waals surface area contributed by atoms with Gasteiger partial charge in [-0.3, -0.25) is 9.59 Å². The molecule has 0 N–H and O–H groups in total. The van der Waals surface area contributed by atoms with E-state index in [1.54, 1.807) is 35.2 Å². The Morgan fingerprint density at radius 3 is 2.45 bits per heavy atom. The number of ether oxygens (including phenoxy) is 1. The third-order valence-electron chi connectivity index (χ3n) is 3.80. The van der Waals surface area contributed by atoms with E-state index in [1.807, 2.05) is 0 Å². The lowest BCUT2D eigenvalue weighted by Gasteiger charge is -2.29. The Labute approximate surface area is 129 Å². The van der Waals surface area contributed by atoms with Gasteiger partial charge in [-0.1, -0.05) is 12.1 Å². The fourth-order valence-electron chi connectivity index (χ4n) is 2.44. The molecule has 0 radical (unpaired) electrons. The summed E-state index contributed by atoms with van der Waals surface area (Å²) in [7, 11) is 1.39. The molecule has 1 aliphatic rings. The van der Waals surface area contributed by atoms with E-state index in [2.05, 4.69) is 6.07 Å².